The molecule has 5 heteroatoms. The first-order valence-electron chi connectivity index (χ1n) is 8.72. The molecule has 1 aliphatic carbocycles. The summed E-state index contributed by atoms with van der Waals surface area (Å²) in [5, 5.41) is 13.1. The van der Waals surface area contributed by atoms with Crippen LogP contribution in [0.15, 0.2) is 53.7 Å². The van der Waals surface area contributed by atoms with Crippen molar-refractivity contribution in [2.75, 3.05) is 38.2 Å². The molecule has 0 aromatic heterocycles. The normalized spacial score (nSPS) is 22.2. The number of rotatable bonds is 3. The van der Waals surface area contributed by atoms with E-state index in [0.717, 1.165) is 49.7 Å². The summed E-state index contributed by atoms with van der Waals surface area (Å²) in [4.78, 5) is 4.79. The van der Waals surface area contributed by atoms with Crippen LogP contribution in [-0.2, 0) is 6.42 Å². The van der Waals surface area contributed by atoms with Crippen molar-refractivity contribution in [3.05, 3.63) is 59.7 Å². The number of hydrogen-bond donors (Lipinski definition) is 1. The van der Waals surface area contributed by atoms with Gasteiger partial charge in [-0.05, 0) is 23.3 Å². The summed E-state index contributed by atoms with van der Waals surface area (Å²) in [6.07, 6.45) is 0.740. The number of para-hydroxylation sites is 2. The van der Waals surface area contributed by atoms with Crippen LogP contribution in [0.4, 0.5) is 5.69 Å². The Kier molecular flexibility index (Phi) is 4.32. The van der Waals surface area contributed by atoms with Gasteiger partial charge in [0.1, 0.15) is 5.75 Å². The summed E-state index contributed by atoms with van der Waals surface area (Å²) < 4.78 is 5.50. The number of benzene rings is 2. The third-order valence-electron chi connectivity index (χ3n) is 5.27. The third kappa shape index (κ3) is 2.85. The Morgan fingerprint density at radius 2 is 1.72 bits per heavy atom. The SMILES string of the molecule is COc1ccccc1N1CCN(C2/C(=N/O)Cc3ccccc32)CC1. The van der Waals surface area contributed by atoms with Gasteiger partial charge < -0.3 is 14.8 Å². The lowest BCUT2D eigenvalue weighted by atomic mass is 10.1. The highest BCUT2D eigenvalue weighted by Gasteiger charge is 2.35. The Morgan fingerprint density at radius 1 is 1.00 bits per heavy atom. The number of anilines is 1. The van der Waals surface area contributed by atoms with E-state index >= 15 is 0 Å². The molecule has 0 bridgehead atoms. The molecule has 5 nitrogen and oxygen atoms in total. The van der Waals surface area contributed by atoms with Crippen molar-refractivity contribution >= 4 is 11.4 Å². The lowest BCUT2D eigenvalue weighted by Gasteiger charge is -2.39. The molecule has 1 N–H and O–H groups in total. The Morgan fingerprint density at radius 3 is 2.48 bits per heavy atom. The number of hydrogen-bond acceptors (Lipinski definition) is 5. The van der Waals surface area contributed by atoms with Crippen molar-refractivity contribution in [3.8, 4) is 5.75 Å². The Bertz CT molecular complexity index is 782. The maximum Gasteiger partial charge on any atom is 0.142 e. The summed E-state index contributed by atoms with van der Waals surface area (Å²) >= 11 is 0. The van der Waals surface area contributed by atoms with Gasteiger partial charge in [-0.25, -0.2) is 0 Å². The van der Waals surface area contributed by atoms with E-state index in [4.69, 9.17) is 4.74 Å². The second-order valence-corrected chi connectivity index (χ2v) is 6.56. The average molecular weight is 337 g/mol. The largest absolute Gasteiger partial charge is 0.495 e. The van der Waals surface area contributed by atoms with Gasteiger partial charge in [-0.2, -0.15) is 0 Å². The molecule has 1 saturated heterocycles. The summed E-state index contributed by atoms with van der Waals surface area (Å²) in [7, 11) is 1.72. The standard InChI is InChI=1S/C20H23N3O2/c1-25-19-9-5-4-8-18(19)22-10-12-23(13-11-22)20-16-7-3-2-6-15(16)14-17(20)21-24/h2-9,20,24H,10-14H2,1H3/b21-17+. The maximum absolute atomic E-state index is 9.47. The zero-order valence-electron chi connectivity index (χ0n) is 14.4. The van der Waals surface area contributed by atoms with E-state index in [0.29, 0.717) is 0 Å². The molecule has 25 heavy (non-hydrogen) atoms. The van der Waals surface area contributed by atoms with E-state index in [-0.39, 0.29) is 6.04 Å². The van der Waals surface area contributed by atoms with Crippen molar-refractivity contribution in [1.29, 1.82) is 0 Å². The summed E-state index contributed by atoms with van der Waals surface area (Å²) in [5.74, 6) is 0.916. The minimum atomic E-state index is 0.0982. The zero-order chi connectivity index (χ0) is 17.2. The van der Waals surface area contributed by atoms with Crippen molar-refractivity contribution in [1.82, 2.24) is 4.90 Å². The molecule has 130 valence electrons. The number of ether oxygens (including phenoxy) is 1. The monoisotopic (exact) mass is 337 g/mol. The molecule has 1 unspecified atom stereocenters. The van der Waals surface area contributed by atoms with Crippen LogP contribution in [0, 0.1) is 0 Å². The number of oxime groups is 1. The lowest BCUT2D eigenvalue weighted by Crippen LogP contribution is -2.48. The van der Waals surface area contributed by atoms with E-state index in [2.05, 4.69) is 45.3 Å². The van der Waals surface area contributed by atoms with Crippen molar-refractivity contribution in [2.24, 2.45) is 5.16 Å². The smallest absolute Gasteiger partial charge is 0.142 e. The number of piperazine rings is 1. The van der Waals surface area contributed by atoms with Gasteiger partial charge in [0, 0.05) is 32.6 Å². The molecule has 2 aliphatic rings. The molecule has 2 aromatic carbocycles. The Labute approximate surface area is 148 Å². The van der Waals surface area contributed by atoms with Crippen LogP contribution in [0.5, 0.6) is 5.75 Å². The van der Waals surface area contributed by atoms with Crippen LogP contribution in [0.2, 0.25) is 0 Å². The molecular weight excluding hydrogens is 314 g/mol. The summed E-state index contributed by atoms with van der Waals surface area (Å²) in [6, 6.07) is 16.7. The highest BCUT2D eigenvalue weighted by atomic mass is 16.5. The van der Waals surface area contributed by atoms with E-state index in [1.807, 2.05) is 18.2 Å². The molecule has 1 heterocycles. The van der Waals surface area contributed by atoms with E-state index in [1.165, 1.54) is 11.1 Å². The molecule has 2 aromatic rings. The van der Waals surface area contributed by atoms with Crippen LogP contribution in [0.1, 0.15) is 17.2 Å². The molecule has 0 saturated carbocycles. The fourth-order valence-electron chi connectivity index (χ4n) is 4.04. The quantitative estimate of drug-likeness (QED) is 0.691. The number of methoxy groups -OCH3 is 1. The molecule has 0 amide bonds. The van der Waals surface area contributed by atoms with Crippen molar-refractivity contribution < 1.29 is 9.94 Å². The number of nitrogens with zero attached hydrogens (tertiary/aromatic N) is 3. The van der Waals surface area contributed by atoms with Crippen LogP contribution in [0.25, 0.3) is 0 Å². The molecule has 0 spiro atoms. The first-order chi connectivity index (χ1) is 12.3. The molecule has 1 atom stereocenters. The van der Waals surface area contributed by atoms with E-state index < -0.39 is 0 Å². The number of fused-ring (bicyclic) bond motifs is 1. The predicted octanol–water partition coefficient (Wildman–Crippen LogP) is 2.94. The van der Waals surface area contributed by atoms with Gasteiger partial charge >= 0.3 is 0 Å². The summed E-state index contributed by atoms with van der Waals surface area (Å²) in [5.41, 5.74) is 4.55. The third-order valence-corrected chi connectivity index (χ3v) is 5.27. The fraction of sp³-hybridized carbons (Fsp3) is 0.350. The molecule has 1 aliphatic heterocycles. The first-order valence-corrected chi connectivity index (χ1v) is 8.72. The van der Waals surface area contributed by atoms with Crippen LogP contribution in [0.3, 0.4) is 0 Å². The van der Waals surface area contributed by atoms with Crippen molar-refractivity contribution in [3.63, 3.8) is 0 Å². The average Bonchev–Trinajstić information content (AvgIpc) is 3.06. The molecule has 0 radical (unpaired) electrons. The molecular formula is C20H23N3O2. The summed E-state index contributed by atoms with van der Waals surface area (Å²) in [6.45, 7) is 3.71. The van der Waals surface area contributed by atoms with Crippen LogP contribution in [-0.4, -0.2) is 49.1 Å². The predicted molar refractivity (Wildman–Crippen MR) is 98.9 cm³/mol. The minimum Gasteiger partial charge on any atom is -0.495 e. The Balaban J connectivity index is 1.52. The van der Waals surface area contributed by atoms with Crippen LogP contribution < -0.4 is 9.64 Å². The minimum absolute atomic E-state index is 0.0982. The highest BCUT2D eigenvalue weighted by molar-refractivity contribution is 5.96. The van der Waals surface area contributed by atoms with Gasteiger partial charge in [0.15, 0.2) is 0 Å². The second-order valence-electron chi connectivity index (χ2n) is 6.56. The molecule has 1 fully saturated rings. The van der Waals surface area contributed by atoms with Gasteiger partial charge in [-0.15, -0.1) is 0 Å². The van der Waals surface area contributed by atoms with E-state index in [1.54, 1.807) is 7.11 Å². The molecule has 4 rings (SSSR count). The topological polar surface area (TPSA) is 48.3 Å². The van der Waals surface area contributed by atoms with Crippen molar-refractivity contribution in [2.45, 2.75) is 12.5 Å². The van der Waals surface area contributed by atoms with Gasteiger partial charge in [-0.3, -0.25) is 4.90 Å². The van der Waals surface area contributed by atoms with Gasteiger partial charge in [0.25, 0.3) is 0 Å². The lowest BCUT2D eigenvalue weighted by molar-refractivity contribution is 0.224. The highest BCUT2D eigenvalue weighted by Crippen LogP contribution is 2.35. The van der Waals surface area contributed by atoms with Gasteiger partial charge in [0.05, 0.1) is 24.6 Å². The Hall–Kier alpha value is -2.53. The van der Waals surface area contributed by atoms with Gasteiger partial charge in [0.2, 0.25) is 0 Å². The first kappa shape index (κ1) is 16.0. The maximum atomic E-state index is 9.47. The second kappa shape index (κ2) is 6.76. The van der Waals surface area contributed by atoms with E-state index in [9.17, 15) is 5.21 Å². The van der Waals surface area contributed by atoms with Gasteiger partial charge in [-0.1, -0.05) is 41.6 Å². The zero-order valence-corrected chi connectivity index (χ0v) is 14.4. The fourth-order valence-corrected chi connectivity index (χ4v) is 4.04. The van der Waals surface area contributed by atoms with Crippen LogP contribution >= 0.6 is 0 Å².